The third-order valence-electron chi connectivity index (χ3n) is 3.11. The van der Waals surface area contributed by atoms with Crippen LogP contribution < -0.4 is 19.9 Å². The average Bonchev–Trinajstić information content (AvgIpc) is 2.52. The fourth-order valence-corrected chi connectivity index (χ4v) is 1.95. The standard InChI is InChI=1S/C16H18FNO3/c1-19-14-6-15(20-2)8-16(7-14)21-10-12-5-13(17)4-3-11(12)9-18/h3-8H,9-10,18H2,1-2H3. The molecule has 2 aromatic rings. The van der Waals surface area contributed by atoms with Gasteiger partial charge in [-0.2, -0.15) is 0 Å². The second kappa shape index (κ2) is 6.95. The summed E-state index contributed by atoms with van der Waals surface area (Å²) in [5.74, 6) is 1.53. The molecular weight excluding hydrogens is 273 g/mol. The number of benzene rings is 2. The predicted molar refractivity (Wildman–Crippen MR) is 78.2 cm³/mol. The Kier molecular flexibility index (Phi) is 5.00. The van der Waals surface area contributed by atoms with Crippen molar-refractivity contribution in [3.63, 3.8) is 0 Å². The van der Waals surface area contributed by atoms with Crippen molar-refractivity contribution in [2.75, 3.05) is 14.2 Å². The molecule has 0 heterocycles. The van der Waals surface area contributed by atoms with Gasteiger partial charge in [-0.25, -0.2) is 4.39 Å². The lowest BCUT2D eigenvalue weighted by molar-refractivity contribution is 0.298. The molecule has 0 radical (unpaired) electrons. The molecule has 0 saturated carbocycles. The quantitative estimate of drug-likeness (QED) is 0.889. The van der Waals surface area contributed by atoms with Gasteiger partial charge in [-0.1, -0.05) is 6.07 Å². The van der Waals surface area contributed by atoms with Gasteiger partial charge in [0.2, 0.25) is 0 Å². The number of ether oxygens (including phenoxy) is 3. The molecule has 0 saturated heterocycles. The van der Waals surface area contributed by atoms with Gasteiger partial charge in [0.15, 0.2) is 0 Å². The zero-order chi connectivity index (χ0) is 15.2. The molecule has 5 heteroatoms. The first-order valence-corrected chi connectivity index (χ1v) is 6.49. The van der Waals surface area contributed by atoms with Crippen LogP contribution in [-0.2, 0) is 13.2 Å². The Morgan fingerprint density at radius 2 is 1.52 bits per heavy atom. The van der Waals surface area contributed by atoms with Crippen molar-refractivity contribution in [2.45, 2.75) is 13.2 Å². The van der Waals surface area contributed by atoms with Crippen molar-refractivity contribution in [1.82, 2.24) is 0 Å². The summed E-state index contributed by atoms with van der Waals surface area (Å²) in [6.07, 6.45) is 0. The van der Waals surface area contributed by atoms with Crippen LogP contribution in [0.1, 0.15) is 11.1 Å². The molecule has 2 N–H and O–H groups in total. The Hall–Kier alpha value is -2.27. The minimum absolute atomic E-state index is 0.223. The molecule has 21 heavy (non-hydrogen) atoms. The van der Waals surface area contributed by atoms with Crippen molar-refractivity contribution >= 4 is 0 Å². The number of rotatable bonds is 6. The Labute approximate surface area is 123 Å². The molecular formula is C16H18FNO3. The molecule has 0 aliphatic rings. The van der Waals surface area contributed by atoms with E-state index in [-0.39, 0.29) is 12.4 Å². The summed E-state index contributed by atoms with van der Waals surface area (Å²) in [4.78, 5) is 0. The Balaban J connectivity index is 2.18. The lowest BCUT2D eigenvalue weighted by Gasteiger charge is -2.12. The van der Waals surface area contributed by atoms with Gasteiger partial charge >= 0.3 is 0 Å². The van der Waals surface area contributed by atoms with Crippen LogP contribution in [0.25, 0.3) is 0 Å². The zero-order valence-electron chi connectivity index (χ0n) is 12.1. The van der Waals surface area contributed by atoms with Crippen molar-refractivity contribution in [1.29, 1.82) is 0 Å². The Morgan fingerprint density at radius 3 is 2.10 bits per heavy atom. The molecule has 0 amide bonds. The van der Waals surface area contributed by atoms with Crippen molar-refractivity contribution in [3.05, 3.63) is 53.3 Å². The number of hydrogen-bond donors (Lipinski definition) is 1. The molecule has 0 atom stereocenters. The molecule has 4 nitrogen and oxygen atoms in total. The summed E-state index contributed by atoms with van der Waals surface area (Å²) >= 11 is 0. The van der Waals surface area contributed by atoms with E-state index >= 15 is 0 Å². The molecule has 112 valence electrons. The van der Waals surface area contributed by atoms with Crippen molar-refractivity contribution < 1.29 is 18.6 Å². The minimum Gasteiger partial charge on any atom is -0.496 e. The minimum atomic E-state index is -0.311. The monoisotopic (exact) mass is 291 g/mol. The van der Waals surface area contributed by atoms with E-state index in [0.717, 1.165) is 11.1 Å². The molecule has 0 aliphatic heterocycles. The van der Waals surface area contributed by atoms with E-state index in [9.17, 15) is 4.39 Å². The highest BCUT2D eigenvalue weighted by Crippen LogP contribution is 2.28. The maximum absolute atomic E-state index is 13.3. The van der Waals surface area contributed by atoms with Crippen molar-refractivity contribution in [3.8, 4) is 17.2 Å². The molecule has 0 aliphatic carbocycles. The fraction of sp³-hybridized carbons (Fsp3) is 0.250. The van der Waals surface area contributed by atoms with Gasteiger partial charge < -0.3 is 19.9 Å². The SMILES string of the molecule is COc1cc(OC)cc(OCc2cc(F)ccc2CN)c1. The first-order chi connectivity index (χ1) is 10.2. The third kappa shape index (κ3) is 3.86. The lowest BCUT2D eigenvalue weighted by Crippen LogP contribution is -2.05. The molecule has 2 rings (SSSR count). The molecule has 0 unspecified atom stereocenters. The molecule has 0 aromatic heterocycles. The van der Waals surface area contributed by atoms with Crippen molar-refractivity contribution in [2.24, 2.45) is 5.73 Å². The van der Waals surface area contributed by atoms with E-state index in [4.69, 9.17) is 19.9 Å². The van der Waals surface area contributed by atoms with E-state index in [1.165, 1.54) is 12.1 Å². The maximum Gasteiger partial charge on any atom is 0.127 e. The normalized spacial score (nSPS) is 10.3. The van der Waals surface area contributed by atoms with Crippen LogP contribution in [0.15, 0.2) is 36.4 Å². The number of nitrogens with two attached hydrogens (primary N) is 1. The maximum atomic E-state index is 13.3. The van der Waals surface area contributed by atoms with Crippen LogP contribution >= 0.6 is 0 Å². The average molecular weight is 291 g/mol. The fourth-order valence-electron chi connectivity index (χ4n) is 1.95. The zero-order valence-corrected chi connectivity index (χ0v) is 12.1. The molecule has 0 fully saturated rings. The largest absolute Gasteiger partial charge is 0.496 e. The van der Waals surface area contributed by atoms with E-state index in [0.29, 0.717) is 23.8 Å². The van der Waals surface area contributed by atoms with Gasteiger partial charge in [0.1, 0.15) is 29.7 Å². The van der Waals surface area contributed by atoms with Gasteiger partial charge in [-0.3, -0.25) is 0 Å². The predicted octanol–water partition coefficient (Wildman–Crippen LogP) is 2.88. The summed E-state index contributed by atoms with van der Waals surface area (Å²) in [7, 11) is 3.13. The summed E-state index contributed by atoms with van der Waals surface area (Å²) in [6, 6.07) is 9.72. The second-order valence-electron chi connectivity index (χ2n) is 4.45. The van der Waals surface area contributed by atoms with Crippen LogP contribution in [0.4, 0.5) is 4.39 Å². The van der Waals surface area contributed by atoms with Crippen LogP contribution in [0.3, 0.4) is 0 Å². The van der Waals surface area contributed by atoms with Gasteiger partial charge in [-0.15, -0.1) is 0 Å². The smallest absolute Gasteiger partial charge is 0.127 e. The lowest BCUT2D eigenvalue weighted by atomic mass is 10.1. The summed E-state index contributed by atoms with van der Waals surface area (Å²) < 4.78 is 29.3. The van der Waals surface area contributed by atoms with Crippen LogP contribution in [0.2, 0.25) is 0 Å². The first kappa shape index (κ1) is 15.1. The molecule has 2 aromatic carbocycles. The molecule has 0 bridgehead atoms. The summed E-state index contributed by atoms with van der Waals surface area (Å²) in [6.45, 7) is 0.557. The first-order valence-electron chi connectivity index (χ1n) is 6.49. The van der Waals surface area contributed by atoms with E-state index in [1.54, 1.807) is 38.5 Å². The highest BCUT2D eigenvalue weighted by Gasteiger charge is 2.07. The highest BCUT2D eigenvalue weighted by atomic mass is 19.1. The number of halogens is 1. The Bertz CT molecular complexity index is 594. The van der Waals surface area contributed by atoms with Gasteiger partial charge in [0.25, 0.3) is 0 Å². The summed E-state index contributed by atoms with van der Waals surface area (Å²) in [5.41, 5.74) is 7.22. The van der Waals surface area contributed by atoms with E-state index in [2.05, 4.69) is 0 Å². The highest BCUT2D eigenvalue weighted by molar-refractivity contribution is 5.42. The topological polar surface area (TPSA) is 53.7 Å². The Morgan fingerprint density at radius 1 is 0.905 bits per heavy atom. The van der Waals surface area contributed by atoms with Crippen LogP contribution in [0.5, 0.6) is 17.2 Å². The number of hydrogen-bond acceptors (Lipinski definition) is 4. The van der Waals surface area contributed by atoms with E-state index < -0.39 is 0 Å². The van der Waals surface area contributed by atoms with Gasteiger partial charge in [0.05, 0.1) is 14.2 Å². The number of methoxy groups -OCH3 is 2. The second-order valence-corrected chi connectivity index (χ2v) is 4.45. The van der Waals surface area contributed by atoms with E-state index in [1.807, 2.05) is 0 Å². The van der Waals surface area contributed by atoms with Gasteiger partial charge in [0, 0.05) is 24.7 Å². The van der Waals surface area contributed by atoms with Gasteiger partial charge in [-0.05, 0) is 23.3 Å². The van der Waals surface area contributed by atoms with Crippen LogP contribution in [0, 0.1) is 5.82 Å². The summed E-state index contributed by atoms with van der Waals surface area (Å²) in [5, 5.41) is 0. The van der Waals surface area contributed by atoms with Crippen LogP contribution in [-0.4, -0.2) is 14.2 Å². The molecule has 0 spiro atoms. The third-order valence-corrected chi connectivity index (χ3v) is 3.11.